The lowest BCUT2D eigenvalue weighted by Crippen LogP contribution is -2.47. The molecule has 0 unspecified atom stereocenters. The zero-order valence-electron chi connectivity index (χ0n) is 7.31. The molecule has 1 aliphatic heterocycles. The number of aliphatic carboxylic acids is 1. The Morgan fingerprint density at radius 2 is 2.50 bits per heavy atom. The summed E-state index contributed by atoms with van der Waals surface area (Å²) in [6.07, 6.45) is 0.246. The zero-order valence-corrected chi connectivity index (χ0v) is 8.88. The predicted octanol–water partition coefficient (Wildman–Crippen LogP) is 1.71. The van der Waals surface area contributed by atoms with Gasteiger partial charge in [-0.1, -0.05) is 11.6 Å². The summed E-state index contributed by atoms with van der Waals surface area (Å²) in [5.41, 5.74) is 0. The van der Waals surface area contributed by atoms with E-state index in [1.165, 1.54) is 11.3 Å². The van der Waals surface area contributed by atoms with Crippen molar-refractivity contribution in [1.29, 1.82) is 0 Å². The second-order valence-electron chi connectivity index (χ2n) is 3.32. The SMILES string of the molecule is O=C(O)CC1CN(c2nc(Cl)cs2)C1. The van der Waals surface area contributed by atoms with Gasteiger partial charge in [0.15, 0.2) is 5.13 Å². The quantitative estimate of drug-likeness (QED) is 0.862. The third-order valence-electron chi connectivity index (χ3n) is 2.16. The molecule has 0 atom stereocenters. The third-order valence-corrected chi connectivity index (χ3v) is 3.38. The topological polar surface area (TPSA) is 53.4 Å². The molecule has 0 bridgehead atoms. The maximum Gasteiger partial charge on any atom is 0.303 e. The van der Waals surface area contributed by atoms with Crippen LogP contribution in [0.2, 0.25) is 5.15 Å². The number of rotatable bonds is 3. The number of halogens is 1. The van der Waals surface area contributed by atoms with Gasteiger partial charge in [-0.3, -0.25) is 4.79 Å². The summed E-state index contributed by atoms with van der Waals surface area (Å²) >= 11 is 7.17. The first kappa shape index (κ1) is 9.73. The van der Waals surface area contributed by atoms with Crippen molar-refractivity contribution < 1.29 is 9.90 Å². The fourth-order valence-electron chi connectivity index (χ4n) is 1.49. The highest BCUT2D eigenvalue weighted by atomic mass is 35.5. The van der Waals surface area contributed by atoms with Crippen molar-refractivity contribution in [2.75, 3.05) is 18.0 Å². The Morgan fingerprint density at radius 3 is 3.00 bits per heavy atom. The number of thiazole rings is 1. The van der Waals surface area contributed by atoms with Crippen LogP contribution in [0.3, 0.4) is 0 Å². The molecular formula is C8H9ClN2O2S. The maximum absolute atomic E-state index is 10.4. The van der Waals surface area contributed by atoms with E-state index in [4.69, 9.17) is 16.7 Å². The molecule has 0 aromatic carbocycles. The molecule has 0 amide bonds. The number of hydrogen-bond acceptors (Lipinski definition) is 4. The molecule has 0 saturated carbocycles. The van der Waals surface area contributed by atoms with Gasteiger partial charge in [0, 0.05) is 24.4 Å². The minimum Gasteiger partial charge on any atom is -0.481 e. The number of aromatic nitrogens is 1. The van der Waals surface area contributed by atoms with Gasteiger partial charge in [0.1, 0.15) is 5.15 Å². The summed E-state index contributed by atoms with van der Waals surface area (Å²) in [4.78, 5) is 16.6. The van der Waals surface area contributed by atoms with E-state index in [2.05, 4.69) is 4.98 Å². The molecule has 1 aromatic rings. The van der Waals surface area contributed by atoms with E-state index in [1.807, 2.05) is 4.90 Å². The van der Waals surface area contributed by atoms with Gasteiger partial charge in [-0.2, -0.15) is 0 Å². The van der Waals surface area contributed by atoms with Crippen LogP contribution in [-0.4, -0.2) is 29.1 Å². The summed E-state index contributed by atoms with van der Waals surface area (Å²) in [6.45, 7) is 1.55. The Hall–Kier alpha value is -0.810. The van der Waals surface area contributed by atoms with Gasteiger partial charge < -0.3 is 10.0 Å². The van der Waals surface area contributed by atoms with Crippen molar-refractivity contribution in [3.05, 3.63) is 10.5 Å². The third kappa shape index (κ3) is 1.99. The fraction of sp³-hybridized carbons (Fsp3) is 0.500. The molecule has 2 rings (SSSR count). The van der Waals surface area contributed by atoms with Crippen LogP contribution in [0.4, 0.5) is 5.13 Å². The number of carbonyl (C=O) groups is 1. The van der Waals surface area contributed by atoms with Crippen molar-refractivity contribution >= 4 is 34.0 Å². The molecule has 1 fully saturated rings. The van der Waals surface area contributed by atoms with E-state index in [-0.39, 0.29) is 12.3 Å². The minimum absolute atomic E-state index is 0.246. The molecule has 76 valence electrons. The molecule has 6 heteroatoms. The van der Waals surface area contributed by atoms with E-state index >= 15 is 0 Å². The van der Waals surface area contributed by atoms with Crippen LogP contribution >= 0.6 is 22.9 Å². The molecule has 0 aliphatic carbocycles. The number of carboxylic acids is 1. The van der Waals surface area contributed by atoms with Gasteiger partial charge >= 0.3 is 5.97 Å². The molecule has 2 heterocycles. The lowest BCUT2D eigenvalue weighted by atomic mass is 9.97. The van der Waals surface area contributed by atoms with Crippen molar-refractivity contribution in [1.82, 2.24) is 4.98 Å². The van der Waals surface area contributed by atoms with Gasteiger partial charge in [0.25, 0.3) is 0 Å². The van der Waals surface area contributed by atoms with E-state index in [0.29, 0.717) is 5.15 Å². The molecule has 1 aliphatic rings. The van der Waals surface area contributed by atoms with E-state index in [0.717, 1.165) is 18.2 Å². The highest BCUT2D eigenvalue weighted by Gasteiger charge is 2.30. The fourth-order valence-corrected chi connectivity index (χ4v) is 2.46. The Bertz CT molecular complexity index is 349. The minimum atomic E-state index is -0.730. The Balaban J connectivity index is 1.86. The van der Waals surface area contributed by atoms with Crippen molar-refractivity contribution in [2.24, 2.45) is 5.92 Å². The number of carboxylic acid groups (broad SMARTS) is 1. The molecular weight excluding hydrogens is 224 g/mol. The molecule has 0 spiro atoms. The summed E-state index contributed by atoms with van der Waals surface area (Å²) in [5, 5.41) is 11.7. The predicted molar refractivity (Wildman–Crippen MR) is 55.1 cm³/mol. The monoisotopic (exact) mass is 232 g/mol. The van der Waals surface area contributed by atoms with Gasteiger partial charge in [-0.25, -0.2) is 4.98 Å². The van der Waals surface area contributed by atoms with Crippen LogP contribution < -0.4 is 4.90 Å². The van der Waals surface area contributed by atoms with E-state index in [1.54, 1.807) is 5.38 Å². The smallest absolute Gasteiger partial charge is 0.303 e. The van der Waals surface area contributed by atoms with Crippen LogP contribution in [0, 0.1) is 5.92 Å². The first-order valence-electron chi connectivity index (χ1n) is 4.23. The largest absolute Gasteiger partial charge is 0.481 e. The second kappa shape index (κ2) is 3.74. The van der Waals surface area contributed by atoms with Crippen LogP contribution in [0.15, 0.2) is 5.38 Å². The molecule has 1 N–H and O–H groups in total. The molecule has 1 aromatic heterocycles. The van der Waals surface area contributed by atoms with Crippen LogP contribution in [0.1, 0.15) is 6.42 Å². The van der Waals surface area contributed by atoms with Crippen molar-refractivity contribution in [3.63, 3.8) is 0 Å². The Morgan fingerprint density at radius 1 is 1.79 bits per heavy atom. The van der Waals surface area contributed by atoms with Crippen LogP contribution in [-0.2, 0) is 4.79 Å². The normalized spacial score (nSPS) is 16.8. The summed E-state index contributed by atoms with van der Waals surface area (Å²) in [6, 6.07) is 0. The van der Waals surface area contributed by atoms with Crippen molar-refractivity contribution in [2.45, 2.75) is 6.42 Å². The van der Waals surface area contributed by atoms with Crippen LogP contribution in [0.5, 0.6) is 0 Å². The standard InChI is InChI=1S/C8H9ClN2O2S/c9-6-4-14-8(10-6)11-2-5(3-11)1-7(12)13/h4-5H,1-3H2,(H,12,13). The number of hydrogen-bond donors (Lipinski definition) is 1. The first-order valence-corrected chi connectivity index (χ1v) is 5.48. The van der Waals surface area contributed by atoms with Crippen LogP contribution in [0.25, 0.3) is 0 Å². The summed E-state index contributed by atoms with van der Waals surface area (Å²) < 4.78 is 0. The molecule has 1 saturated heterocycles. The molecule has 0 radical (unpaired) electrons. The lowest BCUT2D eigenvalue weighted by molar-refractivity contribution is -0.138. The highest BCUT2D eigenvalue weighted by molar-refractivity contribution is 7.14. The molecule has 14 heavy (non-hydrogen) atoms. The van der Waals surface area contributed by atoms with E-state index < -0.39 is 5.97 Å². The Labute approximate surface area is 90.1 Å². The lowest BCUT2D eigenvalue weighted by Gasteiger charge is -2.38. The average molecular weight is 233 g/mol. The van der Waals surface area contributed by atoms with E-state index in [9.17, 15) is 4.79 Å². The number of anilines is 1. The number of nitrogens with zero attached hydrogens (tertiary/aromatic N) is 2. The average Bonchev–Trinajstić information content (AvgIpc) is 2.42. The Kier molecular flexibility index (Phi) is 2.60. The maximum atomic E-state index is 10.4. The highest BCUT2D eigenvalue weighted by Crippen LogP contribution is 2.30. The van der Waals surface area contributed by atoms with Gasteiger partial charge in [0.05, 0.1) is 6.42 Å². The van der Waals surface area contributed by atoms with Gasteiger partial charge in [0.2, 0.25) is 0 Å². The second-order valence-corrected chi connectivity index (χ2v) is 4.55. The first-order chi connectivity index (χ1) is 6.65. The zero-order chi connectivity index (χ0) is 10.1. The summed E-state index contributed by atoms with van der Waals surface area (Å²) in [5.74, 6) is -0.470. The van der Waals surface area contributed by atoms with Gasteiger partial charge in [-0.05, 0) is 0 Å². The van der Waals surface area contributed by atoms with Gasteiger partial charge in [-0.15, -0.1) is 11.3 Å². The summed E-state index contributed by atoms with van der Waals surface area (Å²) in [7, 11) is 0. The van der Waals surface area contributed by atoms with Crippen molar-refractivity contribution in [3.8, 4) is 0 Å². The molecule has 4 nitrogen and oxygen atoms in total.